The number of carbonyl (C=O) groups excluding carboxylic acids is 2. The molecule has 0 spiro atoms. The normalized spacial score (nSPS) is 19.3. The molecule has 1 aliphatic heterocycles. The van der Waals surface area contributed by atoms with Crippen LogP contribution < -0.4 is 10.1 Å². The Labute approximate surface area is 152 Å². The van der Waals surface area contributed by atoms with Gasteiger partial charge >= 0.3 is 18.0 Å². The smallest absolute Gasteiger partial charge is 0.341 e. The molecule has 0 bridgehead atoms. The maximum absolute atomic E-state index is 12.6. The quantitative estimate of drug-likeness (QED) is 0.778. The summed E-state index contributed by atoms with van der Waals surface area (Å²) in [7, 11) is 1.27. The van der Waals surface area contributed by atoms with Crippen LogP contribution in [0.3, 0.4) is 0 Å². The second-order valence-electron chi connectivity index (χ2n) is 6.81. The number of carboxylic acid groups (broad SMARTS) is 1. The van der Waals surface area contributed by atoms with E-state index in [2.05, 4.69) is 5.32 Å². The van der Waals surface area contributed by atoms with Crippen LogP contribution in [0.2, 0.25) is 0 Å². The minimum atomic E-state index is -0.956. The molecule has 0 radical (unpaired) electrons. The van der Waals surface area contributed by atoms with Crippen molar-refractivity contribution in [2.75, 3.05) is 25.5 Å². The highest BCUT2D eigenvalue weighted by Gasteiger charge is 2.42. The second-order valence-corrected chi connectivity index (χ2v) is 6.81. The molecule has 142 valence electrons. The number of ether oxygens (including phenoxy) is 2. The van der Waals surface area contributed by atoms with Crippen LogP contribution in [-0.2, 0) is 9.53 Å². The summed E-state index contributed by atoms with van der Waals surface area (Å²) in [5.74, 6) is -1.27. The number of aliphatic carboxylic acids is 1. The van der Waals surface area contributed by atoms with Crippen LogP contribution in [-0.4, -0.2) is 54.3 Å². The number of urea groups is 1. The lowest BCUT2D eigenvalue weighted by atomic mass is 9.90. The van der Waals surface area contributed by atoms with Gasteiger partial charge in [-0.05, 0) is 39.3 Å². The number of likely N-dealkylation sites (tertiary alicyclic amines) is 1. The lowest BCUT2D eigenvalue weighted by Crippen LogP contribution is -2.37. The van der Waals surface area contributed by atoms with E-state index >= 15 is 0 Å². The van der Waals surface area contributed by atoms with Crippen LogP contribution in [0.1, 0.15) is 37.6 Å². The Bertz CT molecular complexity index is 718. The number of nitrogens with one attached hydrogen (secondary N) is 1. The first kappa shape index (κ1) is 19.6. The fourth-order valence-corrected chi connectivity index (χ4v) is 2.77. The van der Waals surface area contributed by atoms with Gasteiger partial charge in [0.15, 0.2) is 5.75 Å². The molecular formula is C18H24N2O6. The molecule has 1 aromatic rings. The largest absolute Gasteiger partial charge is 0.488 e. The fraction of sp³-hybridized carbons (Fsp3) is 0.500. The number of hydrogen-bond donors (Lipinski definition) is 2. The SMILES string of the molecule is COC(=O)c1cccc(NC(=O)N2CCC(C)(C(=O)O)C2)c1OC(C)C. The molecule has 2 rings (SSSR count). The lowest BCUT2D eigenvalue weighted by molar-refractivity contribution is -0.146. The number of methoxy groups -OCH3 is 1. The molecule has 8 nitrogen and oxygen atoms in total. The van der Waals surface area contributed by atoms with Gasteiger partial charge < -0.3 is 24.8 Å². The van der Waals surface area contributed by atoms with Crippen LogP contribution in [0.25, 0.3) is 0 Å². The van der Waals surface area contributed by atoms with Crippen molar-refractivity contribution in [1.29, 1.82) is 0 Å². The van der Waals surface area contributed by atoms with Gasteiger partial charge in [-0.2, -0.15) is 0 Å². The summed E-state index contributed by atoms with van der Waals surface area (Å²) in [6, 6.07) is 4.34. The van der Waals surface area contributed by atoms with Gasteiger partial charge in [0.2, 0.25) is 0 Å². The van der Waals surface area contributed by atoms with Gasteiger partial charge in [0, 0.05) is 13.1 Å². The van der Waals surface area contributed by atoms with E-state index < -0.39 is 23.4 Å². The minimum absolute atomic E-state index is 0.116. The molecule has 2 N–H and O–H groups in total. The molecule has 1 saturated heterocycles. The number of nitrogens with zero attached hydrogens (tertiary/aromatic N) is 1. The summed E-state index contributed by atoms with van der Waals surface area (Å²) in [6.07, 6.45) is 0.159. The maximum Gasteiger partial charge on any atom is 0.341 e. The first-order chi connectivity index (χ1) is 12.2. The number of esters is 1. The van der Waals surface area contributed by atoms with E-state index in [-0.39, 0.29) is 24.0 Å². The third kappa shape index (κ3) is 4.07. The summed E-state index contributed by atoms with van der Waals surface area (Å²) < 4.78 is 10.5. The number of rotatable bonds is 5. The third-order valence-corrected chi connectivity index (χ3v) is 4.29. The molecule has 1 aromatic carbocycles. The van der Waals surface area contributed by atoms with E-state index in [0.29, 0.717) is 18.7 Å². The Morgan fingerprint density at radius 1 is 1.31 bits per heavy atom. The lowest BCUT2D eigenvalue weighted by Gasteiger charge is -2.22. The molecule has 0 saturated carbocycles. The molecule has 1 heterocycles. The molecule has 1 fully saturated rings. The van der Waals surface area contributed by atoms with E-state index in [1.54, 1.807) is 39.0 Å². The highest BCUT2D eigenvalue weighted by molar-refractivity contribution is 5.98. The van der Waals surface area contributed by atoms with E-state index in [1.165, 1.54) is 12.0 Å². The molecule has 1 aliphatic rings. The number of benzene rings is 1. The van der Waals surface area contributed by atoms with Crippen molar-refractivity contribution in [3.8, 4) is 5.75 Å². The van der Waals surface area contributed by atoms with E-state index in [1.807, 2.05) is 0 Å². The zero-order chi connectivity index (χ0) is 19.5. The van der Waals surface area contributed by atoms with Crippen molar-refractivity contribution in [3.05, 3.63) is 23.8 Å². The van der Waals surface area contributed by atoms with Crippen molar-refractivity contribution >= 4 is 23.7 Å². The van der Waals surface area contributed by atoms with Gasteiger partial charge in [0.25, 0.3) is 0 Å². The average Bonchev–Trinajstić information content (AvgIpc) is 2.99. The summed E-state index contributed by atoms with van der Waals surface area (Å²) >= 11 is 0. The molecule has 1 unspecified atom stereocenters. The van der Waals surface area contributed by atoms with Gasteiger partial charge in [-0.15, -0.1) is 0 Å². The average molecular weight is 364 g/mol. The van der Waals surface area contributed by atoms with Crippen molar-refractivity contribution in [1.82, 2.24) is 4.90 Å². The highest BCUT2D eigenvalue weighted by Crippen LogP contribution is 2.33. The van der Waals surface area contributed by atoms with Crippen LogP contribution in [0.4, 0.5) is 10.5 Å². The van der Waals surface area contributed by atoms with Gasteiger partial charge in [0.05, 0.1) is 24.3 Å². The molecule has 0 aliphatic carbocycles. The predicted octanol–water partition coefficient (Wildman–Crippen LogP) is 2.59. The van der Waals surface area contributed by atoms with E-state index in [9.17, 15) is 19.5 Å². The van der Waals surface area contributed by atoms with E-state index in [4.69, 9.17) is 9.47 Å². The highest BCUT2D eigenvalue weighted by atomic mass is 16.5. The molecular weight excluding hydrogens is 340 g/mol. The number of para-hydroxylation sites is 1. The van der Waals surface area contributed by atoms with Gasteiger partial charge in [0.1, 0.15) is 5.56 Å². The Hall–Kier alpha value is -2.77. The molecule has 2 amide bonds. The monoisotopic (exact) mass is 364 g/mol. The van der Waals surface area contributed by atoms with Crippen LogP contribution in [0, 0.1) is 5.41 Å². The van der Waals surface area contributed by atoms with Crippen molar-refractivity contribution in [2.24, 2.45) is 5.41 Å². The van der Waals surface area contributed by atoms with Crippen molar-refractivity contribution in [3.63, 3.8) is 0 Å². The number of carboxylic acids is 1. The summed E-state index contributed by atoms with van der Waals surface area (Å²) in [5.41, 5.74) is -0.422. The second kappa shape index (κ2) is 7.63. The zero-order valence-electron chi connectivity index (χ0n) is 15.4. The Morgan fingerprint density at radius 2 is 2.00 bits per heavy atom. The van der Waals surface area contributed by atoms with Crippen molar-refractivity contribution < 1.29 is 29.0 Å². The Morgan fingerprint density at radius 3 is 2.54 bits per heavy atom. The number of anilines is 1. The first-order valence-corrected chi connectivity index (χ1v) is 8.35. The standard InChI is InChI=1S/C18H24N2O6/c1-11(2)26-14-12(15(21)25-4)6-5-7-13(14)19-17(24)20-9-8-18(3,10-20)16(22)23/h5-7,11H,8-10H2,1-4H3,(H,19,24)(H,22,23). The molecule has 0 aromatic heterocycles. The molecule has 1 atom stereocenters. The van der Waals surface area contributed by atoms with Crippen LogP contribution >= 0.6 is 0 Å². The maximum atomic E-state index is 12.6. The van der Waals surface area contributed by atoms with Gasteiger partial charge in [-0.1, -0.05) is 6.07 Å². The summed E-state index contributed by atoms with van der Waals surface area (Å²) in [6.45, 7) is 5.68. The number of hydrogen-bond acceptors (Lipinski definition) is 5. The van der Waals surface area contributed by atoms with Crippen LogP contribution in [0.15, 0.2) is 18.2 Å². The fourth-order valence-electron chi connectivity index (χ4n) is 2.77. The molecule has 26 heavy (non-hydrogen) atoms. The zero-order valence-corrected chi connectivity index (χ0v) is 15.4. The first-order valence-electron chi connectivity index (χ1n) is 8.35. The Balaban J connectivity index is 2.24. The molecule has 8 heteroatoms. The predicted molar refractivity (Wildman–Crippen MR) is 94.5 cm³/mol. The summed E-state index contributed by atoms with van der Waals surface area (Å²) in [5, 5.41) is 12.0. The van der Waals surface area contributed by atoms with E-state index in [0.717, 1.165) is 0 Å². The topological polar surface area (TPSA) is 105 Å². The van der Waals surface area contributed by atoms with Crippen molar-refractivity contribution in [2.45, 2.75) is 33.3 Å². The number of carbonyl (C=O) groups is 3. The van der Waals surface area contributed by atoms with Gasteiger partial charge in [-0.25, -0.2) is 9.59 Å². The minimum Gasteiger partial charge on any atom is -0.488 e. The summed E-state index contributed by atoms with van der Waals surface area (Å²) in [4.78, 5) is 37.3. The third-order valence-electron chi connectivity index (χ3n) is 4.29. The van der Waals surface area contributed by atoms with Gasteiger partial charge in [-0.3, -0.25) is 4.79 Å². The van der Waals surface area contributed by atoms with Crippen LogP contribution in [0.5, 0.6) is 5.75 Å². The number of amides is 2. The Kier molecular flexibility index (Phi) is 5.74.